The first-order chi connectivity index (χ1) is 14.9. The highest BCUT2D eigenvalue weighted by atomic mass is 32.1. The van der Waals surface area contributed by atoms with E-state index in [0.717, 1.165) is 5.56 Å². The van der Waals surface area contributed by atoms with Gasteiger partial charge in [-0.3, -0.25) is 4.90 Å². The van der Waals surface area contributed by atoms with Crippen LogP contribution in [0, 0.1) is 5.82 Å². The molecule has 0 aliphatic carbocycles. The van der Waals surface area contributed by atoms with Crippen molar-refractivity contribution < 1.29 is 13.9 Å². The molecule has 9 heteroatoms. The summed E-state index contributed by atoms with van der Waals surface area (Å²) in [7, 11) is 1.87. The number of ether oxygens (including phenoxy) is 1. The summed E-state index contributed by atoms with van der Waals surface area (Å²) in [6.07, 6.45) is -0.871. The first kappa shape index (κ1) is 22.9. The number of anilines is 2. The molecule has 1 amide bonds. The topological polar surface area (TPSA) is 74.1 Å². The Bertz CT molecular complexity index is 914. The average Bonchev–Trinajstić information content (AvgIpc) is 3.17. The predicted octanol–water partition coefficient (Wildman–Crippen LogP) is 2.75. The van der Waals surface area contributed by atoms with E-state index in [9.17, 15) is 9.18 Å². The second kappa shape index (κ2) is 10.5. The molecule has 2 aromatic carbocycles. The van der Waals surface area contributed by atoms with Crippen LogP contribution in [0.1, 0.15) is 12.5 Å². The standard InChI is InChI=1S/C22H28FN5O2S/c1-3-27(12-11-25-26(2)21(31)16-7-5-4-6-8-16)20-10-9-17(13-19(20)23)28-15-18(14-24)30-22(28)29/h4-10,13,18,25H,3,11-12,14-15,24H2,1-2H3/t18-/m0/s1. The predicted molar refractivity (Wildman–Crippen MR) is 125 cm³/mol. The van der Waals surface area contributed by atoms with E-state index in [4.69, 9.17) is 22.7 Å². The minimum Gasteiger partial charge on any atom is -0.443 e. The van der Waals surface area contributed by atoms with Crippen molar-refractivity contribution in [2.24, 2.45) is 5.73 Å². The highest BCUT2D eigenvalue weighted by molar-refractivity contribution is 7.80. The van der Waals surface area contributed by atoms with Gasteiger partial charge in [0.05, 0.1) is 17.9 Å². The van der Waals surface area contributed by atoms with Gasteiger partial charge in [-0.15, -0.1) is 0 Å². The summed E-state index contributed by atoms with van der Waals surface area (Å²) in [5.74, 6) is -0.392. The minimum absolute atomic E-state index is 0.238. The second-order valence-electron chi connectivity index (χ2n) is 7.21. The molecule has 1 aliphatic heterocycles. The van der Waals surface area contributed by atoms with Crippen molar-refractivity contribution in [1.82, 2.24) is 10.4 Å². The maximum atomic E-state index is 14.9. The smallest absolute Gasteiger partial charge is 0.414 e. The Morgan fingerprint density at radius 3 is 2.68 bits per heavy atom. The Morgan fingerprint density at radius 2 is 2.06 bits per heavy atom. The number of hydrogen-bond donors (Lipinski definition) is 2. The molecule has 31 heavy (non-hydrogen) atoms. The number of nitrogens with two attached hydrogens (primary N) is 1. The van der Waals surface area contributed by atoms with Crippen molar-refractivity contribution in [3.8, 4) is 0 Å². The number of carbonyl (C=O) groups is 1. The van der Waals surface area contributed by atoms with Gasteiger partial charge in [0, 0.05) is 38.8 Å². The lowest BCUT2D eigenvalue weighted by molar-refractivity contribution is 0.145. The van der Waals surface area contributed by atoms with Crippen LogP contribution in [-0.4, -0.2) is 62.0 Å². The van der Waals surface area contributed by atoms with Crippen molar-refractivity contribution in [3.05, 3.63) is 59.9 Å². The third-order valence-corrected chi connectivity index (χ3v) is 5.67. The maximum absolute atomic E-state index is 14.9. The summed E-state index contributed by atoms with van der Waals surface area (Å²) in [5.41, 5.74) is 10.7. The van der Waals surface area contributed by atoms with Gasteiger partial charge in [0.15, 0.2) is 0 Å². The van der Waals surface area contributed by atoms with Crippen LogP contribution < -0.4 is 21.0 Å². The Morgan fingerprint density at radius 1 is 1.32 bits per heavy atom. The third kappa shape index (κ3) is 5.49. The van der Waals surface area contributed by atoms with Crippen molar-refractivity contribution >= 4 is 34.7 Å². The largest absolute Gasteiger partial charge is 0.443 e. The highest BCUT2D eigenvalue weighted by Crippen LogP contribution is 2.27. The van der Waals surface area contributed by atoms with Crippen LogP contribution in [0.25, 0.3) is 0 Å². The Balaban J connectivity index is 1.59. The van der Waals surface area contributed by atoms with E-state index in [2.05, 4.69) is 5.43 Å². The van der Waals surface area contributed by atoms with Crippen molar-refractivity contribution in [2.45, 2.75) is 13.0 Å². The average molecular weight is 446 g/mol. The summed E-state index contributed by atoms with van der Waals surface area (Å²) >= 11 is 5.50. The summed E-state index contributed by atoms with van der Waals surface area (Å²) in [6.45, 7) is 4.32. The summed E-state index contributed by atoms with van der Waals surface area (Å²) in [4.78, 5) is 16.0. The number of cyclic esters (lactones) is 1. The van der Waals surface area contributed by atoms with Gasteiger partial charge in [-0.25, -0.2) is 14.6 Å². The lowest BCUT2D eigenvalue weighted by Gasteiger charge is -2.27. The molecule has 1 fully saturated rings. The Hall–Kier alpha value is -2.75. The summed E-state index contributed by atoms with van der Waals surface area (Å²) < 4.78 is 20.0. The van der Waals surface area contributed by atoms with E-state index in [1.807, 2.05) is 49.2 Å². The SMILES string of the molecule is CCN(CCNN(C)C(=S)c1ccccc1)c1ccc(N2C[C@H](CN)OC2=O)cc1F. The number of hydrazine groups is 1. The first-order valence-electron chi connectivity index (χ1n) is 10.2. The zero-order valence-corrected chi connectivity index (χ0v) is 18.6. The molecule has 1 saturated heterocycles. The summed E-state index contributed by atoms with van der Waals surface area (Å²) in [6, 6.07) is 14.5. The van der Waals surface area contributed by atoms with Gasteiger partial charge in [-0.1, -0.05) is 42.5 Å². The van der Waals surface area contributed by atoms with Crippen LogP contribution in [0.4, 0.5) is 20.6 Å². The van der Waals surface area contributed by atoms with Gasteiger partial charge in [0.1, 0.15) is 16.9 Å². The van der Waals surface area contributed by atoms with Gasteiger partial charge in [-0.05, 0) is 25.1 Å². The molecule has 0 aromatic heterocycles. The molecule has 2 aromatic rings. The van der Waals surface area contributed by atoms with Crippen LogP contribution in [0.15, 0.2) is 48.5 Å². The number of amides is 1. The molecule has 3 rings (SSSR count). The van der Waals surface area contributed by atoms with Crippen LogP contribution in [0.3, 0.4) is 0 Å². The van der Waals surface area contributed by atoms with Gasteiger partial charge in [0.2, 0.25) is 0 Å². The molecule has 166 valence electrons. The molecule has 0 unspecified atom stereocenters. The number of rotatable bonds is 9. The number of nitrogens with one attached hydrogen (secondary N) is 1. The number of halogens is 1. The lowest BCUT2D eigenvalue weighted by Crippen LogP contribution is -2.43. The van der Waals surface area contributed by atoms with E-state index in [1.165, 1.54) is 11.0 Å². The molecule has 0 radical (unpaired) electrons. The molecule has 1 aliphatic rings. The molecule has 3 N–H and O–H groups in total. The van der Waals surface area contributed by atoms with E-state index in [1.54, 1.807) is 17.1 Å². The number of likely N-dealkylation sites (N-methyl/N-ethyl adjacent to an activating group) is 1. The minimum atomic E-state index is -0.503. The van der Waals surface area contributed by atoms with Crippen LogP contribution in [0.2, 0.25) is 0 Å². The molecular formula is C22H28FN5O2S. The molecule has 0 saturated carbocycles. The van der Waals surface area contributed by atoms with Crippen LogP contribution >= 0.6 is 12.2 Å². The first-order valence-corrected chi connectivity index (χ1v) is 10.6. The molecule has 1 heterocycles. The van der Waals surface area contributed by atoms with E-state index < -0.39 is 11.9 Å². The van der Waals surface area contributed by atoms with Gasteiger partial charge < -0.3 is 20.4 Å². The fraction of sp³-hybridized carbons (Fsp3) is 0.364. The fourth-order valence-electron chi connectivity index (χ4n) is 3.42. The quantitative estimate of drug-likeness (QED) is 0.454. The second-order valence-corrected chi connectivity index (χ2v) is 7.59. The fourth-order valence-corrected chi connectivity index (χ4v) is 3.62. The van der Waals surface area contributed by atoms with Crippen molar-refractivity contribution in [1.29, 1.82) is 0 Å². The monoisotopic (exact) mass is 445 g/mol. The lowest BCUT2D eigenvalue weighted by atomic mass is 10.2. The number of thiocarbonyl (C=S) groups is 1. The van der Waals surface area contributed by atoms with Crippen molar-refractivity contribution in [3.63, 3.8) is 0 Å². The molecule has 1 atom stereocenters. The van der Waals surface area contributed by atoms with Crippen LogP contribution in [0.5, 0.6) is 0 Å². The highest BCUT2D eigenvalue weighted by Gasteiger charge is 2.31. The number of benzene rings is 2. The zero-order chi connectivity index (χ0) is 22.4. The molecule has 0 spiro atoms. The van der Waals surface area contributed by atoms with Crippen LogP contribution in [-0.2, 0) is 4.74 Å². The van der Waals surface area contributed by atoms with Gasteiger partial charge in [-0.2, -0.15) is 0 Å². The molecule has 7 nitrogen and oxygen atoms in total. The van der Waals surface area contributed by atoms with Crippen molar-refractivity contribution in [2.75, 3.05) is 49.6 Å². The number of hydrogen-bond acceptors (Lipinski definition) is 6. The van der Waals surface area contributed by atoms with E-state index >= 15 is 0 Å². The van der Waals surface area contributed by atoms with E-state index in [0.29, 0.717) is 42.5 Å². The zero-order valence-electron chi connectivity index (χ0n) is 17.8. The number of carbonyl (C=O) groups excluding carboxylic acids is 1. The Labute approximate surface area is 187 Å². The van der Waals surface area contributed by atoms with E-state index in [-0.39, 0.29) is 12.6 Å². The Kier molecular flexibility index (Phi) is 7.78. The molecular weight excluding hydrogens is 417 g/mol. The summed E-state index contributed by atoms with van der Waals surface area (Å²) in [5, 5.41) is 1.80. The van der Waals surface area contributed by atoms with Gasteiger partial charge in [0.25, 0.3) is 0 Å². The third-order valence-electron chi connectivity index (χ3n) is 5.16. The number of nitrogens with zero attached hydrogens (tertiary/aromatic N) is 3. The maximum Gasteiger partial charge on any atom is 0.414 e. The molecule has 0 bridgehead atoms. The van der Waals surface area contributed by atoms with Gasteiger partial charge >= 0.3 is 6.09 Å². The normalized spacial score (nSPS) is 15.7.